The first-order valence-corrected chi connectivity index (χ1v) is 4.03. The molecule has 0 aromatic carbocycles. The first-order chi connectivity index (χ1) is 5.48. The highest BCUT2D eigenvalue weighted by atomic mass is 16.4. The molecule has 1 rings (SSSR count). The molecule has 0 aromatic heterocycles. The molecule has 68 valence electrons. The number of carboxylic acids is 1. The maximum atomic E-state index is 11.1. The summed E-state index contributed by atoms with van der Waals surface area (Å²) < 4.78 is 0. The summed E-state index contributed by atoms with van der Waals surface area (Å²) in [6.07, 6.45) is 1.11. The zero-order chi connectivity index (χ0) is 9.35. The Morgan fingerprint density at radius 3 is 2.17 bits per heavy atom. The molecule has 1 amide bonds. The summed E-state index contributed by atoms with van der Waals surface area (Å²) in [5, 5.41) is 11.2. The van der Waals surface area contributed by atoms with Crippen LogP contribution in [0.3, 0.4) is 0 Å². The van der Waals surface area contributed by atoms with E-state index in [2.05, 4.69) is 5.32 Å². The molecule has 1 aliphatic carbocycles. The van der Waals surface area contributed by atoms with Crippen LogP contribution in [0.2, 0.25) is 0 Å². The summed E-state index contributed by atoms with van der Waals surface area (Å²) in [5.74, 6) is -1.26. The fourth-order valence-corrected chi connectivity index (χ4v) is 0.898. The number of hydrogen-bond donors (Lipinski definition) is 2. The van der Waals surface area contributed by atoms with E-state index in [-0.39, 0.29) is 11.8 Å². The number of carbonyl (C=O) groups is 2. The molecule has 12 heavy (non-hydrogen) atoms. The van der Waals surface area contributed by atoms with Gasteiger partial charge in [0, 0.05) is 5.92 Å². The lowest BCUT2D eigenvalue weighted by Crippen LogP contribution is -2.44. The summed E-state index contributed by atoms with van der Waals surface area (Å²) in [5.41, 5.74) is -0.929. The van der Waals surface area contributed by atoms with E-state index in [0.717, 1.165) is 0 Å². The van der Waals surface area contributed by atoms with Crippen LogP contribution in [0.5, 0.6) is 0 Å². The van der Waals surface area contributed by atoms with E-state index in [1.165, 1.54) is 0 Å². The number of aliphatic carboxylic acids is 1. The van der Waals surface area contributed by atoms with Gasteiger partial charge in [0.15, 0.2) is 0 Å². The molecular formula is C8H13NO3. The number of amides is 1. The van der Waals surface area contributed by atoms with E-state index in [1.807, 2.05) is 0 Å². The average molecular weight is 171 g/mol. The van der Waals surface area contributed by atoms with Gasteiger partial charge in [-0.3, -0.25) is 4.79 Å². The monoisotopic (exact) mass is 171 g/mol. The van der Waals surface area contributed by atoms with Gasteiger partial charge in [-0.15, -0.1) is 0 Å². The fourth-order valence-electron chi connectivity index (χ4n) is 0.898. The Hall–Kier alpha value is -1.06. The predicted octanol–water partition coefficient (Wildman–Crippen LogP) is 0.376. The highest BCUT2D eigenvalue weighted by Crippen LogP contribution is 2.35. The summed E-state index contributed by atoms with van der Waals surface area (Å²) in [6, 6.07) is 0. The van der Waals surface area contributed by atoms with Crippen LogP contribution >= 0.6 is 0 Å². The lowest BCUT2D eigenvalue weighted by atomic mass is 10.2. The molecular weight excluding hydrogens is 158 g/mol. The van der Waals surface area contributed by atoms with Crippen LogP contribution in [-0.4, -0.2) is 22.5 Å². The SMILES string of the molecule is CC(C)C(=O)NC1(C(=O)O)CC1. The third-order valence-electron chi connectivity index (χ3n) is 2.05. The van der Waals surface area contributed by atoms with Crippen molar-refractivity contribution in [1.82, 2.24) is 5.32 Å². The quantitative estimate of drug-likeness (QED) is 0.645. The zero-order valence-corrected chi connectivity index (χ0v) is 7.26. The van der Waals surface area contributed by atoms with Crippen molar-refractivity contribution in [2.45, 2.75) is 32.2 Å². The van der Waals surface area contributed by atoms with Crippen molar-refractivity contribution in [3.63, 3.8) is 0 Å². The molecule has 0 heterocycles. The lowest BCUT2D eigenvalue weighted by molar-refractivity contribution is -0.143. The van der Waals surface area contributed by atoms with Crippen molar-refractivity contribution >= 4 is 11.9 Å². The third-order valence-corrected chi connectivity index (χ3v) is 2.05. The molecule has 1 saturated carbocycles. The molecule has 0 radical (unpaired) electrons. The Bertz CT molecular complexity index is 218. The standard InChI is InChI=1S/C8H13NO3/c1-5(2)6(10)9-8(3-4-8)7(11)12/h5H,3-4H2,1-2H3,(H,9,10)(H,11,12). The Labute approximate surface area is 71.0 Å². The number of nitrogens with one attached hydrogen (secondary N) is 1. The van der Waals surface area contributed by atoms with E-state index in [4.69, 9.17) is 5.11 Å². The van der Waals surface area contributed by atoms with Gasteiger partial charge >= 0.3 is 5.97 Å². The van der Waals surface area contributed by atoms with E-state index >= 15 is 0 Å². The fraction of sp³-hybridized carbons (Fsp3) is 0.750. The Morgan fingerprint density at radius 2 is 1.92 bits per heavy atom. The van der Waals surface area contributed by atoms with Crippen LogP contribution in [-0.2, 0) is 9.59 Å². The van der Waals surface area contributed by atoms with Crippen molar-refractivity contribution in [2.75, 3.05) is 0 Å². The van der Waals surface area contributed by atoms with Crippen molar-refractivity contribution < 1.29 is 14.7 Å². The second kappa shape index (κ2) is 2.77. The molecule has 0 saturated heterocycles. The van der Waals surface area contributed by atoms with Crippen molar-refractivity contribution in [1.29, 1.82) is 0 Å². The third kappa shape index (κ3) is 1.57. The van der Waals surface area contributed by atoms with E-state index < -0.39 is 11.5 Å². The molecule has 4 heteroatoms. The molecule has 1 fully saturated rings. The highest BCUT2D eigenvalue weighted by Gasteiger charge is 2.51. The molecule has 0 unspecified atom stereocenters. The molecule has 0 spiro atoms. The second-order valence-electron chi connectivity index (χ2n) is 3.53. The zero-order valence-electron chi connectivity index (χ0n) is 7.26. The van der Waals surface area contributed by atoms with Gasteiger partial charge in [-0.05, 0) is 12.8 Å². The number of rotatable bonds is 3. The smallest absolute Gasteiger partial charge is 0.329 e. The molecule has 0 atom stereocenters. The van der Waals surface area contributed by atoms with Crippen LogP contribution in [0.25, 0.3) is 0 Å². The molecule has 1 aliphatic rings. The minimum Gasteiger partial charge on any atom is -0.480 e. The average Bonchev–Trinajstić information content (AvgIpc) is 2.68. The van der Waals surface area contributed by atoms with Crippen LogP contribution < -0.4 is 5.32 Å². The Balaban J connectivity index is 2.51. The minimum atomic E-state index is -0.929. The molecule has 0 aliphatic heterocycles. The topological polar surface area (TPSA) is 66.4 Å². The molecule has 0 aromatic rings. The van der Waals surface area contributed by atoms with Crippen molar-refractivity contribution in [3.05, 3.63) is 0 Å². The summed E-state index contributed by atoms with van der Waals surface area (Å²) >= 11 is 0. The number of carboxylic acid groups (broad SMARTS) is 1. The van der Waals surface area contributed by atoms with Crippen LogP contribution in [0, 0.1) is 5.92 Å². The first-order valence-electron chi connectivity index (χ1n) is 4.03. The summed E-state index contributed by atoms with van der Waals surface area (Å²) in [4.78, 5) is 21.8. The van der Waals surface area contributed by atoms with Gasteiger partial charge in [0.05, 0.1) is 0 Å². The van der Waals surface area contributed by atoms with Gasteiger partial charge in [-0.2, -0.15) is 0 Å². The largest absolute Gasteiger partial charge is 0.480 e. The minimum absolute atomic E-state index is 0.151. The van der Waals surface area contributed by atoms with Crippen molar-refractivity contribution in [2.24, 2.45) is 5.92 Å². The maximum absolute atomic E-state index is 11.1. The van der Waals surface area contributed by atoms with Gasteiger partial charge < -0.3 is 10.4 Å². The van der Waals surface area contributed by atoms with Gasteiger partial charge in [0.1, 0.15) is 5.54 Å². The predicted molar refractivity (Wildman–Crippen MR) is 42.6 cm³/mol. The summed E-state index contributed by atoms with van der Waals surface area (Å²) in [7, 11) is 0. The van der Waals surface area contributed by atoms with Crippen molar-refractivity contribution in [3.8, 4) is 0 Å². The van der Waals surface area contributed by atoms with Crippen LogP contribution in [0.1, 0.15) is 26.7 Å². The van der Waals surface area contributed by atoms with Gasteiger partial charge in [-0.25, -0.2) is 4.79 Å². The maximum Gasteiger partial charge on any atom is 0.329 e. The number of carbonyl (C=O) groups excluding carboxylic acids is 1. The lowest BCUT2D eigenvalue weighted by Gasteiger charge is -2.13. The Morgan fingerprint density at radius 1 is 1.42 bits per heavy atom. The normalized spacial score (nSPS) is 18.9. The molecule has 4 nitrogen and oxygen atoms in total. The number of hydrogen-bond acceptors (Lipinski definition) is 2. The van der Waals surface area contributed by atoms with Gasteiger partial charge in [0.25, 0.3) is 0 Å². The van der Waals surface area contributed by atoms with E-state index in [1.54, 1.807) is 13.8 Å². The highest BCUT2D eigenvalue weighted by molar-refractivity contribution is 5.90. The van der Waals surface area contributed by atoms with Crippen LogP contribution in [0.15, 0.2) is 0 Å². The van der Waals surface area contributed by atoms with Crippen LogP contribution in [0.4, 0.5) is 0 Å². The summed E-state index contributed by atoms with van der Waals surface area (Å²) in [6.45, 7) is 3.49. The van der Waals surface area contributed by atoms with Gasteiger partial charge in [-0.1, -0.05) is 13.8 Å². The molecule has 2 N–H and O–H groups in total. The van der Waals surface area contributed by atoms with Gasteiger partial charge in [0.2, 0.25) is 5.91 Å². The Kier molecular flexibility index (Phi) is 2.08. The molecule has 0 bridgehead atoms. The second-order valence-corrected chi connectivity index (χ2v) is 3.53. The van der Waals surface area contributed by atoms with E-state index in [9.17, 15) is 9.59 Å². The first kappa shape index (κ1) is 9.03. The van der Waals surface area contributed by atoms with E-state index in [0.29, 0.717) is 12.8 Å².